The Morgan fingerprint density at radius 3 is 2.70 bits per heavy atom. The molecular weight excluding hydrogens is 374 g/mol. The van der Waals surface area contributed by atoms with Crippen LogP contribution in [0.3, 0.4) is 0 Å². The van der Waals surface area contributed by atoms with Gasteiger partial charge in [0.05, 0.1) is 11.6 Å². The van der Waals surface area contributed by atoms with Crippen LogP contribution in [0.2, 0.25) is 0 Å². The normalized spacial score (nSPS) is 16.2. The van der Waals surface area contributed by atoms with Gasteiger partial charge in [-0.05, 0) is 60.9 Å². The third kappa shape index (κ3) is 3.39. The van der Waals surface area contributed by atoms with Crippen LogP contribution in [0.4, 0.5) is 5.82 Å². The number of nitrogens with zero attached hydrogens (tertiary/aromatic N) is 3. The number of hydrogen-bond donors (Lipinski definition) is 0. The van der Waals surface area contributed by atoms with Crippen LogP contribution in [0.1, 0.15) is 45.6 Å². The molecule has 3 aromatic rings. The van der Waals surface area contributed by atoms with Gasteiger partial charge >= 0.3 is 0 Å². The number of carbonyl (C=O) groups excluding carboxylic acids is 1. The first-order valence-corrected chi connectivity index (χ1v) is 11.1. The molecule has 6 heteroatoms. The summed E-state index contributed by atoms with van der Waals surface area (Å²) in [6.45, 7) is 6.78. The number of anilines is 1. The molecule has 0 spiro atoms. The molecule has 1 amide bonds. The van der Waals surface area contributed by atoms with E-state index in [2.05, 4.69) is 52.7 Å². The molecule has 0 radical (unpaired) electrons. The molecule has 27 heavy (non-hydrogen) atoms. The maximum Gasteiger partial charge on any atom is 0.256 e. The zero-order valence-electron chi connectivity index (χ0n) is 15.6. The molecule has 0 aromatic carbocycles. The van der Waals surface area contributed by atoms with Crippen molar-refractivity contribution in [3.8, 4) is 0 Å². The van der Waals surface area contributed by atoms with Crippen molar-refractivity contribution in [2.24, 2.45) is 0 Å². The third-order valence-corrected chi connectivity index (χ3v) is 7.04. The van der Waals surface area contributed by atoms with Crippen molar-refractivity contribution in [3.63, 3.8) is 0 Å². The fourth-order valence-corrected chi connectivity index (χ4v) is 5.46. The molecule has 0 saturated heterocycles. The summed E-state index contributed by atoms with van der Waals surface area (Å²) in [5, 5.41) is 4.22. The summed E-state index contributed by atoms with van der Waals surface area (Å²) in [7, 11) is 0. The van der Waals surface area contributed by atoms with Crippen LogP contribution >= 0.6 is 22.7 Å². The lowest BCUT2D eigenvalue weighted by Crippen LogP contribution is -2.39. The second-order valence-corrected chi connectivity index (χ2v) is 8.52. The van der Waals surface area contributed by atoms with Crippen LogP contribution in [0.25, 0.3) is 0 Å². The Morgan fingerprint density at radius 2 is 2.04 bits per heavy atom. The van der Waals surface area contributed by atoms with Gasteiger partial charge in [0.2, 0.25) is 0 Å². The number of hydrogen-bond acceptors (Lipinski definition) is 5. The van der Waals surface area contributed by atoms with Gasteiger partial charge in [0, 0.05) is 35.6 Å². The first-order chi connectivity index (χ1) is 13.2. The Morgan fingerprint density at radius 1 is 1.19 bits per heavy atom. The maximum absolute atomic E-state index is 13.3. The second kappa shape index (κ2) is 7.82. The second-order valence-electron chi connectivity index (χ2n) is 6.54. The minimum Gasteiger partial charge on any atom is -0.357 e. The van der Waals surface area contributed by atoms with E-state index in [9.17, 15) is 4.79 Å². The van der Waals surface area contributed by atoms with E-state index in [1.54, 1.807) is 28.9 Å². The van der Waals surface area contributed by atoms with Crippen LogP contribution < -0.4 is 4.90 Å². The summed E-state index contributed by atoms with van der Waals surface area (Å²) in [6.07, 6.45) is 2.65. The van der Waals surface area contributed by atoms with Gasteiger partial charge in [0.1, 0.15) is 5.82 Å². The lowest BCUT2D eigenvalue weighted by Gasteiger charge is -2.35. The van der Waals surface area contributed by atoms with E-state index in [1.807, 2.05) is 17.0 Å². The molecule has 1 aliphatic rings. The van der Waals surface area contributed by atoms with Gasteiger partial charge in [-0.15, -0.1) is 22.7 Å². The zero-order valence-corrected chi connectivity index (χ0v) is 17.2. The molecule has 3 aromatic heterocycles. The van der Waals surface area contributed by atoms with Crippen LogP contribution in [-0.2, 0) is 6.42 Å². The summed E-state index contributed by atoms with van der Waals surface area (Å²) < 4.78 is 0. The number of carbonyl (C=O) groups is 1. The topological polar surface area (TPSA) is 36.4 Å². The molecule has 4 heterocycles. The average Bonchev–Trinajstić information content (AvgIpc) is 3.40. The Hall–Kier alpha value is -2.18. The monoisotopic (exact) mass is 397 g/mol. The maximum atomic E-state index is 13.3. The highest BCUT2D eigenvalue weighted by Gasteiger charge is 2.34. The Bertz CT molecular complexity index is 898. The quantitative estimate of drug-likeness (QED) is 0.618. The molecule has 0 saturated carbocycles. The lowest BCUT2D eigenvalue weighted by atomic mass is 9.97. The number of aromatic nitrogens is 1. The van der Waals surface area contributed by atoms with Gasteiger partial charge in [-0.3, -0.25) is 4.79 Å². The number of thiophene rings is 2. The first-order valence-electron chi connectivity index (χ1n) is 9.34. The summed E-state index contributed by atoms with van der Waals surface area (Å²) in [5.74, 6) is 0.981. The Labute approximate surface area is 168 Å². The SMILES string of the molecule is CCN(CC)c1ccc(C(=O)N2CCc3sccc3C2c2cccs2)cn1. The molecule has 0 aliphatic carbocycles. The smallest absolute Gasteiger partial charge is 0.256 e. The van der Waals surface area contributed by atoms with Crippen molar-refractivity contribution < 1.29 is 4.79 Å². The van der Waals surface area contributed by atoms with Gasteiger partial charge in [0.25, 0.3) is 5.91 Å². The average molecular weight is 398 g/mol. The fourth-order valence-electron chi connectivity index (χ4n) is 3.70. The number of fused-ring (bicyclic) bond motifs is 1. The molecule has 0 N–H and O–H groups in total. The van der Waals surface area contributed by atoms with Crippen molar-refractivity contribution in [1.82, 2.24) is 9.88 Å². The van der Waals surface area contributed by atoms with E-state index in [1.165, 1.54) is 15.3 Å². The molecule has 4 nitrogen and oxygen atoms in total. The van der Waals surface area contributed by atoms with E-state index in [0.717, 1.165) is 31.9 Å². The standard InChI is InChI=1S/C21H23N3OS2/c1-3-23(4-2)19-8-7-15(14-22-19)21(25)24-11-9-17-16(10-13-27-17)20(24)18-6-5-12-26-18/h5-8,10,12-14,20H,3-4,9,11H2,1-2H3. The van der Waals surface area contributed by atoms with E-state index >= 15 is 0 Å². The van der Waals surface area contributed by atoms with Crippen LogP contribution in [0, 0.1) is 0 Å². The molecule has 4 rings (SSSR count). The Kier molecular flexibility index (Phi) is 5.27. The van der Waals surface area contributed by atoms with E-state index in [-0.39, 0.29) is 11.9 Å². The van der Waals surface area contributed by atoms with Gasteiger partial charge in [0.15, 0.2) is 0 Å². The predicted molar refractivity (Wildman–Crippen MR) is 113 cm³/mol. The summed E-state index contributed by atoms with van der Waals surface area (Å²) in [6, 6.07) is 10.2. The van der Waals surface area contributed by atoms with Crippen molar-refractivity contribution in [2.45, 2.75) is 26.3 Å². The van der Waals surface area contributed by atoms with Crippen molar-refractivity contribution in [2.75, 3.05) is 24.5 Å². The highest BCUT2D eigenvalue weighted by atomic mass is 32.1. The van der Waals surface area contributed by atoms with Crippen LogP contribution in [-0.4, -0.2) is 35.4 Å². The third-order valence-electron chi connectivity index (χ3n) is 5.12. The van der Waals surface area contributed by atoms with Crippen molar-refractivity contribution in [1.29, 1.82) is 0 Å². The van der Waals surface area contributed by atoms with Crippen LogP contribution in [0.5, 0.6) is 0 Å². The Balaban J connectivity index is 1.64. The molecule has 1 aliphatic heterocycles. The fraction of sp³-hybridized carbons (Fsp3) is 0.333. The first kappa shape index (κ1) is 18.2. The molecule has 1 atom stereocenters. The minimum atomic E-state index is 0.00922. The number of amides is 1. The molecule has 0 bridgehead atoms. The predicted octanol–water partition coefficient (Wildman–Crippen LogP) is 4.84. The summed E-state index contributed by atoms with van der Waals surface area (Å²) >= 11 is 3.51. The zero-order chi connectivity index (χ0) is 18.8. The largest absolute Gasteiger partial charge is 0.357 e. The van der Waals surface area contributed by atoms with Crippen molar-refractivity contribution >= 4 is 34.4 Å². The molecule has 0 fully saturated rings. The molecular formula is C21H23N3OS2. The highest BCUT2D eigenvalue weighted by Crippen LogP contribution is 2.40. The highest BCUT2D eigenvalue weighted by molar-refractivity contribution is 7.10. The lowest BCUT2D eigenvalue weighted by molar-refractivity contribution is 0.0698. The van der Waals surface area contributed by atoms with Crippen molar-refractivity contribution in [3.05, 3.63) is 68.2 Å². The number of rotatable bonds is 5. The van der Waals surface area contributed by atoms with E-state index in [4.69, 9.17) is 0 Å². The van der Waals surface area contributed by atoms with E-state index in [0.29, 0.717) is 5.56 Å². The molecule has 140 valence electrons. The van der Waals surface area contributed by atoms with Gasteiger partial charge < -0.3 is 9.80 Å². The molecule has 1 unspecified atom stereocenters. The van der Waals surface area contributed by atoms with E-state index < -0.39 is 0 Å². The minimum absolute atomic E-state index is 0.00922. The number of pyridine rings is 1. The van der Waals surface area contributed by atoms with Gasteiger partial charge in [-0.1, -0.05) is 6.07 Å². The van der Waals surface area contributed by atoms with Crippen LogP contribution in [0.15, 0.2) is 47.3 Å². The summed E-state index contributed by atoms with van der Waals surface area (Å²) in [4.78, 5) is 24.7. The summed E-state index contributed by atoms with van der Waals surface area (Å²) in [5.41, 5.74) is 1.93. The van der Waals surface area contributed by atoms with Gasteiger partial charge in [-0.25, -0.2) is 4.98 Å². The van der Waals surface area contributed by atoms with Gasteiger partial charge in [-0.2, -0.15) is 0 Å².